The molecule has 25 heavy (non-hydrogen) atoms. The summed E-state index contributed by atoms with van der Waals surface area (Å²) in [4.78, 5) is 25.3. The van der Waals surface area contributed by atoms with E-state index in [9.17, 15) is 14.7 Å². The summed E-state index contributed by atoms with van der Waals surface area (Å²) in [6.07, 6.45) is 1.41. The first-order valence-corrected chi connectivity index (χ1v) is 8.69. The highest BCUT2D eigenvalue weighted by Crippen LogP contribution is 2.41. The molecule has 1 aromatic rings. The molecule has 2 atom stereocenters. The fourth-order valence-electron chi connectivity index (χ4n) is 3.67. The molecule has 6 heteroatoms. The molecule has 6 nitrogen and oxygen atoms in total. The lowest BCUT2D eigenvalue weighted by atomic mass is 9.90. The van der Waals surface area contributed by atoms with Gasteiger partial charge in [-0.3, -0.25) is 9.59 Å². The van der Waals surface area contributed by atoms with Crippen molar-refractivity contribution in [3.8, 4) is 11.5 Å². The highest BCUT2D eigenvalue weighted by molar-refractivity contribution is 5.79. The zero-order chi connectivity index (χ0) is 18.2. The number of ether oxygens (including phenoxy) is 2. The maximum Gasteiger partial charge on any atom is 0.308 e. The summed E-state index contributed by atoms with van der Waals surface area (Å²) < 4.78 is 11.7. The first kappa shape index (κ1) is 17.6. The van der Waals surface area contributed by atoms with Gasteiger partial charge in [0.25, 0.3) is 5.91 Å². The van der Waals surface area contributed by atoms with E-state index in [1.807, 2.05) is 32.9 Å². The number of benzene rings is 1. The third-order valence-electron chi connectivity index (χ3n) is 4.77. The highest BCUT2D eigenvalue weighted by Gasteiger charge is 2.34. The molecule has 1 saturated heterocycles. The Hall–Kier alpha value is -2.24. The van der Waals surface area contributed by atoms with Crippen LogP contribution in [0.25, 0.3) is 0 Å². The van der Waals surface area contributed by atoms with Gasteiger partial charge in [-0.25, -0.2) is 0 Å². The number of hydrogen-bond donors (Lipinski definition) is 1. The number of carbonyl (C=O) groups is 2. The number of nitrogens with zero attached hydrogens (tertiary/aromatic N) is 1. The van der Waals surface area contributed by atoms with Crippen molar-refractivity contribution in [2.24, 2.45) is 11.8 Å². The fraction of sp³-hybridized carbons (Fsp3) is 0.579. The molecule has 0 spiro atoms. The Labute approximate surface area is 147 Å². The van der Waals surface area contributed by atoms with Crippen molar-refractivity contribution < 1.29 is 24.2 Å². The summed E-state index contributed by atoms with van der Waals surface area (Å²) in [5.74, 6) is -0.0943. The Morgan fingerprint density at radius 2 is 2.12 bits per heavy atom. The Morgan fingerprint density at radius 3 is 2.84 bits per heavy atom. The molecule has 0 aromatic heterocycles. The Bertz CT molecular complexity index is 684. The smallest absolute Gasteiger partial charge is 0.308 e. The van der Waals surface area contributed by atoms with E-state index >= 15 is 0 Å². The molecule has 0 radical (unpaired) electrons. The fourth-order valence-corrected chi connectivity index (χ4v) is 3.67. The summed E-state index contributed by atoms with van der Waals surface area (Å²) in [6.45, 7) is 6.71. The maximum atomic E-state index is 12.5. The average molecular weight is 347 g/mol. The number of rotatable bonds is 4. The van der Waals surface area contributed by atoms with E-state index in [0.717, 1.165) is 12.0 Å². The molecule has 1 N–H and O–H groups in total. The predicted molar refractivity (Wildman–Crippen MR) is 91.8 cm³/mol. The van der Waals surface area contributed by atoms with E-state index in [1.54, 1.807) is 11.0 Å². The molecule has 2 heterocycles. The third-order valence-corrected chi connectivity index (χ3v) is 4.77. The average Bonchev–Trinajstić information content (AvgIpc) is 2.86. The molecule has 3 rings (SSSR count). The standard InChI is InChI=1S/C19H25NO5/c1-12-7-14(18(22)23)10-20(9-12)16(21)11-24-15-6-4-5-13-8-19(2,3)25-17(13)15/h4-6,12,14H,7-11H2,1-3H3,(H,22,23). The first-order valence-electron chi connectivity index (χ1n) is 8.69. The molecule has 2 aliphatic heterocycles. The van der Waals surface area contributed by atoms with E-state index in [-0.39, 0.29) is 30.6 Å². The second-order valence-electron chi connectivity index (χ2n) is 7.75. The number of amides is 1. The lowest BCUT2D eigenvalue weighted by Gasteiger charge is -2.34. The molecule has 1 amide bonds. The molecule has 0 aliphatic carbocycles. The van der Waals surface area contributed by atoms with Gasteiger partial charge in [-0.15, -0.1) is 0 Å². The molecular formula is C19H25NO5. The molecule has 1 fully saturated rings. The molecule has 2 aliphatic rings. The van der Waals surface area contributed by atoms with E-state index < -0.39 is 11.9 Å². The summed E-state index contributed by atoms with van der Waals surface area (Å²) in [5.41, 5.74) is 0.801. The van der Waals surface area contributed by atoms with Crippen LogP contribution in [-0.4, -0.2) is 47.2 Å². The Balaban J connectivity index is 1.64. The van der Waals surface area contributed by atoms with Crippen molar-refractivity contribution in [1.82, 2.24) is 4.90 Å². The van der Waals surface area contributed by atoms with Crippen LogP contribution in [0.2, 0.25) is 0 Å². The maximum absolute atomic E-state index is 12.5. The van der Waals surface area contributed by atoms with E-state index in [2.05, 4.69) is 0 Å². The summed E-state index contributed by atoms with van der Waals surface area (Å²) in [6, 6.07) is 5.70. The van der Waals surface area contributed by atoms with Gasteiger partial charge < -0.3 is 19.5 Å². The largest absolute Gasteiger partial charge is 0.483 e. The lowest BCUT2D eigenvalue weighted by Crippen LogP contribution is -2.47. The number of carbonyl (C=O) groups excluding carboxylic acids is 1. The quantitative estimate of drug-likeness (QED) is 0.905. The predicted octanol–water partition coefficient (Wildman–Crippen LogP) is 2.35. The van der Waals surface area contributed by atoms with Crippen LogP contribution in [0.1, 0.15) is 32.8 Å². The number of para-hydroxylation sites is 1. The number of aliphatic carboxylic acids is 1. The Morgan fingerprint density at radius 1 is 1.36 bits per heavy atom. The van der Waals surface area contributed by atoms with Crippen molar-refractivity contribution in [3.05, 3.63) is 23.8 Å². The van der Waals surface area contributed by atoms with Gasteiger partial charge in [-0.1, -0.05) is 19.1 Å². The van der Waals surface area contributed by atoms with Crippen molar-refractivity contribution in [1.29, 1.82) is 0 Å². The van der Waals surface area contributed by atoms with Gasteiger partial charge in [0.15, 0.2) is 18.1 Å². The lowest BCUT2D eigenvalue weighted by molar-refractivity contribution is -0.147. The van der Waals surface area contributed by atoms with Gasteiger partial charge in [-0.05, 0) is 32.3 Å². The van der Waals surface area contributed by atoms with Gasteiger partial charge in [0.1, 0.15) is 5.60 Å². The van der Waals surface area contributed by atoms with Crippen LogP contribution in [0.15, 0.2) is 18.2 Å². The van der Waals surface area contributed by atoms with Crippen molar-refractivity contribution in [3.63, 3.8) is 0 Å². The number of hydrogen-bond acceptors (Lipinski definition) is 4. The summed E-state index contributed by atoms with van der Waals surface area (Å²) in [5, 5.41) is 9.23. The minimum atomic E-state index is -0.846. The number of carboxylic acids is 1. The van der Waals surface area contributed by atoms with Crippen molar-refractivity contribution in [2.45, 2.75) is 39.2 Å². The van der Waals surface area contributed by atoms with Gasteiger partial charge in [0.05, 0.1) is 5.92 Å². The molecule has 136 valence electrons. The van der Waals surface area contributed by atoms with E-state index in [0.29, 0.717) is 24.5 Å². The third kappa shape index (κ3) is 3.89. The van der Waals surface area contributed by atoms with Crippen LogP contribution in [0.3, 0.4) is 0 Å². The van der Waals surface area contributed by atoms with E-state index in [4.69, 9.17) is 9.47 Å². The van der Waals surface area contributed by atoms with Crippen molar-refractivity contribution >= 4 is 11.9 Å². The van der Waals surface area contributed by atoms with Crippen LogP contribution in [0, 0.1) is 11.8 Å². The second-order valence-corrected chi connectivity index (χ2v) is 7.75. The van der Waals surface area contributed by atoms with Crippen LogP contribution in [0.4, 0.5) is 0 Å². The van der Waals surface area contributed by atoms with Crippen molar-refractivity contribution in [2.75, 3.05) is 19.7 Å². The number of carboxylic acid groups (broad SMARTS) is 1. The minimum Gasteiger partial charge on any atom is -0.483 e. The zero-order valence-electron chi connectivity index (χ0n) is 14.9. The minimum absolute atomic E-state index is 0.112. The topological polar surface area (TPSA) is 76.1 Å². The monoisotopic (exact) mass is 347 g/mol. The number of likely N-dealkylation sites (tertiary alicyclic amines) is 1. The molecular weight excluding hydrogens is 322 g/mol. The van der Waals surface area contributed by atoms with Crippen LogP contribution in [-0.2, 0) is 16.0 Å². The second kappa shape index (κ2) is 6.58. The molecule has 1 aromatic carbocycles. The number of fused-ring (bicyclic) bond motifs is 1. The number of piperidine rings is 1. The first-order chi connectivity index (χ1) is 11.7. The molecule has 2 unspecified atom stereocenters. The normalized spacial score (nSPS) is 24.4. The summed E-state index contributed by atoms with van der Waals surface area (Å²) >= 11 is 0. The van der Waals surface area contributed by atoms with Gasteiger partial charge in [0, 0.05) is 25.1 Å². The van der Waals surface area contributed by atoms with Gasteiger partial charge in [-0.2, -0.15) is 0 Å². The zero-order valence-corrected chi connectivity index (χ0v) is 14.9. The SMILES string of the molecule is CC1CC(C(=O)O)CN(C(=O)COc2cccc3c2OC(C)(C)C3)C1. The highest BCUT2D eigenvalue weighted by atomic mass is 16.5. The van der Waals surface area contributed by atoms with E-state index in [1.165, 1.54) is 0 Å². The molecule has 0 bridgehead atoms. The van der Waals surface area contributed by atoms with Gasteiger partial charge >= 0.3 is 5.97 Å². The van der Waals surface area contributed by atoms with Crippen LogP contribution >= 0.6 is 0 Å². The van der Waals surface area contributed by atoms with Gasteiger partial charge in [0.2, 0.25) is 0 Å². The Kier molecular flexibility index (Phi) is 4.62. The molecule has 0 saturated carbocycles. The van der Waals surface area contributed by atoms with Crippen LogP contribution < -0.4 is 9.47 Å². The van der Waals surface area contributed by atoms with Crippen LogP contribution in [0.5, 0.6) is 11.5 Å². The summed E-state index contributed by atoms with van der Waals surface area (Å²) in [7, 11) is 0.